The van der Waals surface area contributed by atoms with Crippen LogP contribution in [0.5, 0.6) is 0 Å². The number of ether oxygens (including phenoxy) is 1. The molecule has 1 N–H and O–H groups in total. The number of sulfonamides is 1. The van der Waals surface area contributed by atoms with Crippen LogP contribution in [0.15, 0.2) is 29.2 Å². The van der Waals surface area contributed by atoms with Crippen molar-refractivity contribution in [2.75, 3.05) is 26.7 Å². The van der Waals surface area contributed by atoms with Crippen LogP contribution in [0.1, 0.15) is 16.8 Å². The summed E-state index contributed by atoms with van der Waals surface area (Å²) in [6.45, 7) is 0.665. The summed E-state index contributed by atoms with van der Waals surface area (Å²) in [5.74, 6) is -0.683. The molecule has 1 amide bonds. The number of esters is 1. The van der Waals surface area contributed by atoms with Gasteiger partial charge in [0, 0.05) is 26.1 Å². The highest BCUT2D eigenvalue weighted by Crippen LogP contribution is 2.17. The second-order valence-electron chi connectivity index (χ2n) is 4.52. The standard InChI is InChI=1S/C13H16N2O5S/c1-20-13(17)10-2-4-11(5-3-10)21(18,19)15-8-6-12(16)14-7-9-15/h2-5H,6-9H2,1H3,(H,14,16). The minimum absolute atomic E-state index is 0.0875. The lowest BCUT2D eigenvalue weighted by molar-refractivity contribution is -0.120. The van der Waals surface area contributed by atoms with Crippen molar-refractivity contribution in [3.05, 3.63) is 29.8 Å². The molecule has 2 rings (SSSR count). The van der Waals surface area contributed by atoms with E-state index in [1.54, 1.807) is 0 Å². The van der Waals surface area contributed by atoms with Crippen LogP contribution in [0.25, 0.3) is 0 Å². The first-order valence-corrected chi connectivity index (χ1v) is 7.84. The van der Waals surface area contributed by atoms with E-state index in [4.69, 9.17) is 0 Å². The Morgan fingerprint density at radius 1 is 1.24 bits per heavy atom. The monoisotopic (exact) mass is 312 g/mol. The summed E-state index contributed by atoms with van der Waals surface area (Å²) in [6, 6.07) is 5.53. The van der Waals surface area contributed by atoms with Gasteiger partial charge in [0.25, 0.3) is 0 Å². The number of methoxy groups -OCH3 is 1. The van der Waals surface area contributed by atoms with E-state index in [0.717, 1.165) is 0 Å². The van der Waals surface area contributed by atoms with Gasteiger partial charge in [-0.2, -0.15) is 4.31 Å². The van der Waals surface area contributed by atoms with Crippen molar-refractivity contribution in [2.24, 2.45) is 0 Å². The Morgan fingerprint density at radius 3 is 2.52 bits per heavy atom. The number of hydrogen-bond acceptors (Lipinski definition) is 5. The molecule has 1 aromatic carbocycles. The van der Waals surface area contributed by atoms with E-state index >= 15 is 0 Å². The first-order chi connectivity index (χ1) is 9.95. The van der Waals surface area contributed by atoms with E-state index in [1.807, 2.05) is 0 Å². The Kier molecular flexibility index (Phi) is 4.59. The molecule has 1 aliphatic rings. The van der Waals surface area contributed by atoms with Gasteiger partial charge in [-0.15, -0.1) is 0 Å². The van der Waals surface area contributed by atoms with Crippen molar-refractivity contribution >= 4 is 21.9 Å². The summed E-state index contributed by atoms with van der Waals surface area (Å²) >= 11 is 0. The zero-order chi connectivity index (χ0) is 15.5. The van der Waals surface area contributed by atoms with Gasteiger partial charge in [0.05, 0.1) is 17.6 Å². The van der Waals surface area contributed by atoms with E-state index in [9.17, 15) is 18.0 Å². The van der Waals surface area contributed by atoms with Crippen LogP contribution in [0.2, 0.25) is 0 Å². The number of nitrogens with one attached hydrogen (secondary N) is 1. The zero-order valence-corrected chi connectivity index (χ0v) is 12.4. The number of nitrogens with zero attached hydrogens (tertiary/aromatic N) is 1. The van der Waals surface area contributed by atoms with Crippen LogP contribution in [0, 0.1) is 0 Å². The fourth-order valence-electron chi connectivity index (χ4n) is 2.02. The Morgan fingerprint density at radius 2 is 1.90 bits per heavy atom. The summed E-state index contributed by atoms with van der Waals surface area (Å²) in [6.07, 6.45) is 0.138. The number of amides is 1. The topological polar surface area (TPSA) is 92.8 Å². The largest absolute Gasteiger partial charge is 0.465 e. The summed E-state index contributed by atoms with van der Waals surface area (Å²) < 4.78 is 30.8. The highest BCUT2D eigenvalue weighted by molar-refractivity contribution is 7.89. The van der Waals surface area contributed by atoms with Gasteiger partial charge in [-0.1, -0.05) is 0 Å². The second-order valence-corrected chi connectivity index (χ2v) is 6.46. The van der Waals surface area contributed by atoms with Crippen molar-refractivity contribution in [1.82, 2.24) is 9.62 Å². The van der Waals surface area contributed by atoms with Crippen molar-refractivity contribution in [3.63, 3.8) is 0 Å². The predicted octanol–water partition coefficient (Wildman–Crippen LogP) is -0.0162. The smallest absolute Gasteiger partial charge is 0.337 e. The molecule has 1 heterocycles. The van der Waals surface area contributed by atoms with E-state index in [-0.39, 0.29) is 42.4 Å². The molecule has 114 valence electrons. The molecule has 0 aliphatic carbocycles. The van der Waals surface area contributed by atoms with Crippen LogP contribution in [0.4, 0.5) is 0 Å². The van der Waals surface area contributed by atoms with E-state index < -0.39 is 16.0 Å². The molecule has 0 spiro atoms. The molecular weight excluding hydrogens is 296 g/mol. The molecule has 0 radical (unpaired) electrons. The van der Waals surface area contributed by atoms with Crippen LogP contribution >= 0.6 is 0 Å². The van der Waals surface area contributed by atoms with E-state index in [2.05, 4.69) is 10.1 Å². The van der Waals surface area contributed by atoms with Gasteiger partial charge in [0.1, 0.15) is 0 Å². The Labute approximate surface area is 122 Å². The van der Waals surface area contributed by atoms with Gasteiger partial charge < -0.3 is 10.1 Å². The Bertz CT molecular complexity index is 639. The highest BCUT2D eigenvalue weighted by atomic mass is 32.2. The third kappa shape index (κ3) is 3.40. The summed E-state index contributed by atoms with van der Waals surface area (Å²) in [5, 5.41) is 2.62. The van der Waals surface area contributed by atoms with Crippen LogP contribution in [0.3, 0.4) is 0 Å². The molecule has 0 aromatic heterocycles. The third-order valence-electron chi connectivity index (χ3n) is 3.18. The number of carbonyl (C=O) groups is 2. The van der Waals surface area contributed by atoms with Gasteiger partial charge in [0.2, 0.25) is 15.9 Å². The lowest BCUT2D eigenvalue weighted by Crippen LogP contribution is -2.34. The van der Waals surface area contributed by atoms with Crippen molar-refractivity contribution in [3.8, 4) is 0 Å². The molecule has 1 aliphatic heterocycles. The Hall–Kier alpha value is -1.93. The van der Waals surface area contributed by atoms with Gasteiger partial charge in [0.15, 0.2) is 0 Å². The third-order valence-corrected chi connectivity index (χ3v) is 5.10. The molecule has 0 bridgehead atoms. The summed E-state index contributed by atoms with van der Waals surface area (Å²) in [4.78, 5) is 22.7. The van der Waals surface area contributed by atoms with Crippen LogP contribution < -0.4 is 5.32 Å². The SMILES string of the molecule is COC(=O)c1ccc(S(=O)(=O)N2CCNC(=O)CC2)cc1. The average molecular weight is 312 g/mol. The molecule has 0 atom stereocenters. The molecule has 1 fully saturated rings. The fourth-order valence-corrected chi connectivity index (χ4v) is 3.46. The minimum atomic E-state index is -3.67. The van der Waals surface area contributed by atoms with Crippen molar-refractivity contribution in [1.29, 1.82) is 0 Å². The maximum absolute atomic E-state index is 12.5. The van der Waals surface area contributed by atoms with Crippen molar-refractivity contribution in [2.45, 2.75) is 11.3 Å². The van der Waals surface area contributed by atoms with Crippen molar-refractivity contribution < 1.29 is 22.7 Å². The van der Waals surface area contributed by atoms with Crippen LogP contribution in [-0.2, 0) is 19.6 Å². The fraction of sp³-hybridized carbons (Fsp3) is 0.385. The lowest BCUT2D eigenvalue weighted by Gasteiger charge is -2.19. The van der Waals surface area contributed by atoms with Gasteiger partial charge >= 0.3 is 5.97 Å². The molecule has 1 saturated heterocycles. The highest BCUT2D eigenvalue weighted by Gasteiger charge is 2.26. The predicted molar refractivity (Wildman–Crippen MR) is 74.2 cm³/mol. The normalized spacial score (nSPS) is 16.9. The maximum Gasteiger partial charge on any atom is 0.337 e. The summed E-state index contributed by atoms with van der Waals surface area (Å²) in [5.41, 5.74) is 0.282. The molecule has 1 aromatic rings. The van der Waals surface area contributed by atoms with Gasteiger partial charge in [-0.3, -0.25) is 4.79 Å². The Balaban J connectivity index is 2.22. The van der Waals surface area contributed by atoms with Crippen LogP contribution in [-0.4, -0.2) is 51.3 Å². The molecule has 21 heavy (non-hydrogen) atoms. The quantitative estimate of drug-likeness (QED) is 0.792. The molecular formula is C13H16N2O5S. The average Bonchev–Trinajstić information content (AvgIpc) is 2.71. The molecule has 8 heteroatoms. The van der Waals surface area contributed by atoms with E-state index in [1.165, 1.54) is 35.7 Å². The maximum atomic E-state index is 12.5. The van der Waals surface area contributed by atoms with Gasteiger partial charge in [-0.25, -0.2) is 13.2 Å². The molecule has 0 saturated carbocycles. The van der Waals surface area contributed by atoms with E-state index in [0.29, 0.717) is 0 Å². The number of rotatable bonds is 3. The zero-order valence-electron chi connectivity index (χ0n) is 11.5. The number of carbonyl (C=O) groups excluding carboxylic acids is 2. The lowest BCUT2D eigenvalue weighted by atomic mass is 10.2. The summed E-state index contributed by atoms with van der Waals surface area (Å²) in [7, 11) is -2.41. The second kappa shape index (κ2) is 6.23. The first-order valence-electron chi connectivity index (χ1n) is 6.40. The number of hydrogen-bond donors (Lipinski definition) is 1. The number of benzene rings is 1. The molecule has 0 unspecified atom stereocenters. The van der Waals surface area contributed by atoms with Gasteiger partial charge in [-0.05, 0) is 24.3 Å². The minimum Gasteiger partial charge on any atom is -0.465 e. The molecule has 7 nitrogen and oxygen atoms in total. The first kappa shape index (κ1) is 15.5.